The lowest BCUT2D eigenvalue weighted by atomic mass is 10.1. The Morgan fingerprint density at radius 1 is 1.17 bits per heavy atom. The minimum Gasteiger partial charge on any atom is -0.465 e. The van der Waals surface area contributed by atoms with Crippen LogP contribution < -0.4 is 0 Å². The van der Waals surface area contributed by atoms with Crippen LogP contribution in [0.4, 0.5) is 4.39 Å². The lowest BCUT2D eigenvalue weighted by molar-refractivity contribution is -0.129. The van der Waals surface area contributed by atoms with Crippen LogP contribution in [0.25, 0.3) is 6.08 Å². The molecule has 0 N–H and O–H groups in total. The van der Waals surface area contributed by atoms with E-state index in [1.807, 2.05) is 0 Å². The van der Waals surface area contributed by atoms with Crippen LogP contribution in [0.5, 0.6) is 0 Å². The van der Waals surface area contributed by atoms with Crippen molar-refractivity contribution in [2.75, 3.05) is 7.11 Å². The van der Waals surface area contributed by atoms with E-state index in [-0.39, 0.29) is 22.7 Å². The summed E-state index contributed by atoms with van der Waals surface area (Å²) in [6, 6.07) is 12.5. The van der Waals surface area contributed by atoms with Crippen molar-refractivity contribution < 1.29 is 23.5 Å². The van der Waals surface area contributed by atoms with Gasteiger partial charge in [0.05, 0.1) is 18.2 Å². The fourth-order valence-electron chi connectivity index (χ4n) is 2.23. The van der Waals surface area contributed by atoms with E-state index in [0.29, 0.717) is 5.56 Å². The number of rotatable bonds is 3. The molecule has 2 aromatic rings. The molecular weight excluding hydrogens is 313 g/mol. The third-order valence-corrected chi connectivity index (χ3v) is 3.38. The van der Waals surface area contributed by atoms with Gasteiger partial charge in [0.2, 0.25) is 5.90 Å². The second kappa shape index (κ2) is 6.45. The number of hydrogen-bond acceptors (Lipinski definition) is 5. The standard InChI is InChI=1S/C18H12FNO4/c1-23-17(21)12-7-3-2-6-11(12)10-15-18(22)24-16(20-15)13-8-4-5-9-14(13)19/h2-10H,1H3/b15-10-. The Kier molecular flexibility index (Phi) is 4.20. The molecule has 0 radical (unpaired) electrons. The molecule has 0 amide bonds. The van der Waals surface area contributed by atoms with Gasteiger partial charge in [-0.3, -0.25) is 0 Å². The zero-order valence-corrected chi connectivity index (χ0v) is 12.7. The Balaban J connectivity index is 2.01. The monoisotopic (exact) mass is 325 g/mol. The van der Waals surface area contributed by atoms with Gasteiger partial charge in [-0.1, -0.05) is 30.3 Å². The average Bonchev–Trinajstić information content (AvgIpc) is 2.95. The van der Waals surface area contributed by atoms with Gasteiger partial charge in [0.1, 0.15) is 5.82 Å². The molecule has 0 fully saturated rings. The smallest absolute Gasteiger partial charge is 0.363 e. The topological polar surface area (TPSA) is 65.0 Å². The molecule has 24 heavy (non-hydrogen) atoms. The zero-order chi connectivity index (χ0) is 17.1. The van der Waals surface area contributed by atoms with Crippen molar-refractivity contribution in [1.82, 2.24) is 0 Å². The van der Waals surface area contributed by atoms with Crippen LogP contribution >= 0.6 is 0 Å². The summed E-state index contributed by atoms with van der Waals surface area (Å²) in [4.78, 5) is 27.8. The summed E-state index contributed by atoms with van der Waals surface area (Å²) in [6.07, 6.45) is 1.41. The van der Waals surface area contributed by atoms with Gasteiger partial charge in [0.25, 0.3) is 0 Å². The Morgan fingerprint density at radius 3 is 2.62 bits per heavy atom. The molecule has 0 spiro atoms. The van der Waals surface area contributed by atoms with Gasteiger partial charge in [-0.2, -0.15) is 0 Å². The van der Waals surface area contributed by atoms with Crippen molar-refractivity contribution in [3.05, 3.63) is 76.7 Å². The Bertz CT molecular complexity index is 886. The summed E-state index contributed by atoms with van der Waals surface area (Å²) in [7, 11) is 1.27. The minimum atomic E-state index is -0.715. The Morgan fingerprint density at radius 2 is 1.88 bits per heavy atom. The number of hydrogen-bond donors (Lipinski definition) is 0. The maximum atomic E-state index is 13.8. The second-order valence-corrected chi connectivity index (χ2v) is 4.89. The largest absolute Gasteiger partial charge is 0.465 e. The van der Waals surface area contributed by atoms with E-state index in [4.69, 9.17) is 9.47 Å². The van der Waals surface area contributed by atoms with Gasteiger partial charge in [-0.05, 0) is 29.8 Å². The molecule has 5 nitrogen and oxygen atoms in total. The van der Waals surface area contributed by atoms with Gasteiger partial charge >= 0.3 is 11.9 Å². The fraction of sp³-hybridized carbons (Fsp3) is 0.0556. The maximum absolute atomic E-state index is 13.8. The first-order valence-corrected chi connectivity index (χ1v) is 7.05. The zero-order valence-electron chi connectivity index (χ0n) is 12.7. The molecular formula is C18H12FNO4. The molecule has 6 heteroatoms. The average molecular weight is 325 g/mol. The van der Waals surface area contributed by atoms with Gasteiger partial charge < -0.3 is 9.47 Å². The van der Waals surface area contributed by atoms with E-state index in [1.165, 1.54) is 31.4 Å². The lowest BCUT2D eigenvalue weighted by Crippen LogP contribution is -2.07. The van der Waals surface area contributed by atoms with E-state index < -0.39 is 17.8 Å². The molecule has 1 heterocycles. The lowest BCUT2D eigenvalue weighted by Gasteiger charge is -2.03. The summed E-state index contributed by atoms with van der Waals surface area (Å²) in [6.45, 7) is 0. The highest BCUT2D eigenvalue weighted by molar-refractivity contribution is 6.13. The van der Waals surface area contributed by atoms with Crippen LogP contribution in [0.2, 0.25) is 0 Å². The summed E-state index contributed by atoms with van der Waals surface area (Å²) in [5, 5.41) is 0. The Labute approximate surface area is 137 Å². The highest BCUT2D eigenvalue weighted by Gasteiger charge is 2.26. The van der Waals surface area contributed by atoms with E-state index >= 15 is 0 Å². The van der Waals surface area contributed by atoms with Gasteiger partial charge in [0, 0.05) is 0 Å². The first-order valence-electron chi connectivity index (χ1n) is 7.05. The first-order chi connectivity index (χ1) is 11.6. The summed E-state index contributed by atoms with van der Waals surface area (Å²) >= 11 is 0. The van der Waals surface area contributed by atoms with Crippen molar-refractivity contribution in [1.29, 1.82) is 0 Å². The quantitative estimate of drug-likeness (QED) is 0.643. The number of carbonyl (C=O) groups is 2. The van der Waals surface area contributed by atoms with E-state index in [1.54, 1.807) is 30.3 Å². The molecule has 120 valence electrons. The van der Waals surface area contributed by atoms with Crippen molar-refractivity contribution >= 4 is 23.9 Å². The number of nitrogens with zero attached hydrogens (tertiary/aromatic N) is 1. The van der Waals surface area contributed by atoms with Crippen LogP contribution in [-0.2, 0) is 14.3 Å². The van der Waals surface area contributed by atoms with Crippen LogP contribution in [0, 0.1) is 5.82 Å². The maximum Gasteiger partial charge on any atom is 0.363 e. The van der Waals surface area contributed by atoms with E-state index in [2.05, 4.69) is 4.99 Å². The van der Waals surface area contributed by atoms with Crippen LogP contribution in [0.1, 0.15) is 21.5 Å². The number of cyclic esters (lactones) is 1. The van der Waals surface area contributed by atoms with Gasteiger partial charge in [-0.25, -0.2) is 19.0 Å². The molecule has 0 aliphatic carbocycles. The number of benzene rings is 2. The number of esters is 2. The van der Waals surface area contributed by atoms with Crippen LogP contribution in [0.15, 0.2) is 59.2 Å². The number of methoxy groups -OCH3 is 1. The highest BCUT2D eigenvalue weighted by Crippen LogP contribution is 2.22. The molecule has 2 aromatic carbocycles. The number of ether oxygens (including phenoxy) is 2. The van der Waals surface area contributed by atoms with Crippen LogP contribution in [0.3, 0.4) is 0 Å². The third kappa shape index (κ3) is 2.94. The summed E-state index contributed by atoms with van der Waals surface area (Å²) < 4.78 is 23.5. The number of aliphatic imine (C=N–C) groups is 1. The molecule has 0 aromatic heterocycles. The molecule has 0 saturated heterocycles. The molecule has 0 atom stereocenters. The van der Waals surface area contributed by atoms with E-state index in [9.17, 15) is 14.0 Å². The van der Waals surface area contributed by atoms with E-state index in [0.717, 1.165) is 0 Å². The minimum absolute atomic E-state index is 0.0235. The number of halogens is 1. The van der Waals surface area contributed by atoms with Crippen LogP contribution in [-0.4, -0.2) is 24.9 Å². The highest BCUT2D eigenvalue weighted by atomic mass is 19.1. The first kappa shape index (κ1) is 15.6. The molecule has 0 bridgehead atoms. The van der Waals surface area contributed by atoms with Crippen molar-refractivity contribution in [2.45, 2.75) is 0 Å². The van der Waals surface area contributed by atoms with Crippen molar-refractivity contribution in [2.24, 2.45) is 4.99 Å². The normalized spacial score (nSPS) is 15.2. The van der Waals surface area contributed by atoms with Gasteiger partial charge in [0.15, 0.2) is 5.70 Å². The fourth-order valence-corrected chi connectivity index (χ4v) is 2.23. The molecule has 0 unspecified atom stereocenters. The van der Waals surface area contributed by atoms with Gasteiger partial charge in [-0.15, -0.1) is 0 Å². The predicted molar refractivity (Wildman–Crippen MR) is 84.8 cm³/mol. The second-order valence-electron chi connectivity index (χ2n) is 4.89. The summed E-state index contributed by atoms with van der Waals surface area (Å²) in [5.74, 6) is -1.90. The van der Waals surface area contributed by atoms with Crippen molar-refractivity contribution in [3.8, 4) is 0 Å². The molecule has 0 saturated carbocycles. The third-order valence-electron chi connectivity index (χ3n) is 3.38. The van der Waals surface area contributed by atoms with Crippen molar-refractivity contribution in [3.63, 3.8) is 0 Å². The molecule has 1 aliphatic rings. The SMILES string of the molecule is COC(=O)c1ccccc1/C=C1\N=C(c2ccccc2F)OC1=O. The predicted octanol–water partition coefficient (Wildman–Crippen LogP) is 2.96. The Hall–Kier alpha value is -3.28. The molecule has 1 aliphatic heterocycles. The summed E-state index contributed by atoms with van der Waals surface area (Å²) in [5.41, 5.74) is 0.810. The number of carbonyl (C=O) groups excluding carboxylic acids is 2. The molecule has 3 rings (SSSR count).